The van der Waals surface area contributed by atoms with E-state index >= 15 is 0 Å². The van der Waals surface area contributed by atoms with Crippen molar-refractivity contribution in [1.82, 2.24) is 4.98 Å². The molecule has 2 aromatic carbocycles. The van der Waals surface area contributed by atoms with Crippen molar-refractivity contribution >= 4 is 22.5 Å². The third-order valence-corrected chi connectivity index (χ3v) is 4.27. The van der Waals surface area contributed by atoms with Crippen molar-refractivity contribution in [3.63, 3.8) is 0 Å². The van der Waals surface area contributed by atoms with Gasteiger partial charge in [-0.15, -0.1) is 0 Å². The normalized spacial score (nSPS) is 17.0. The number of nitrogens with one attached hydrogen (secondary N) is 1. The molecule has 0 aliphatic carbocycles. The van der Waals surface area contributed by atoms with Crippen molar-refractivity contribution in [3.05, 3.63) is 65.6 Å². The van der Waals surface area contributed by atoms with Crippen LogP contribution in [0.5, 0.6) is 0 Å². The molecule has 1 aromatic heterocycles. The Morgan fingerprint density at radius 1 is 1.23 bits per heavy atom. The van der Waals surface area contributed by atoms with Crippen LogP contribution in [0.15, 0.2) is 48.5 Å². The Hall–Kier alpha value is -2.62. The average molecular weight is 294 g/mol. The Kier molecular flexibility index (Phi) is 2.79. The lowest BCUT2D eigenvalue weighted by molar-refractivity contribution is 0.0977. The highest BCUT2D eigenvalue weighted by atomic mass is 19.1. The van der Waals surface area contributed by atoms with E-state index in [-0.39, 0.29) is 17.8 Å². The molecule has 0 radical (unpaired) electrons. The number of nitrogens with zero attached hydrogens (tertiary/aromatic N) is 1. The summed E-state index contributed by atoms with van der Waals surface area (Å²) in [7, 11) is 0. The lowest BCUT2D eigenvalue weighted by Crippen LogP contribution is -2.35. The second-order valence-corrected chi connectivity index (χ2v) is 5.74. The number of hydrogen-bond acceptors (Lipinski definition) is 1. The first-order valence-corrected chi connectivity index (χ1v) is 7.34. The molecule has 0 saturated heterocycles. The molecule has 3 aromatic rings. The molecule has 1 N–H and O–H groups in total. The maximum absolute atomic E-state index is 13.8. The zero-order valence-electron chi connectivity index (χ0n) is 12.1. The number of aromatic nitrogens is 1. The molecule has 1 atom stereocenters. The van der Waals surface area contributed by atoms with Crippen LogP contribution in [0.3, 0.4) is 0 Å². The molecular formula is C18H15FN2O. The van der Waals surface area contributed by atoms with E-state index in [1.54, 1.807) is 23.1 Å². The van der Waals surface area contributed by atoms with Gasteiger partial charge in [-0.2, -0.15) is 0 Å². The van der Waals surface area contributed by atoms with Gasteiger partial charge in [0.2, 0.25) is 0 Å². The van der Waals surface area contributed by atoms with Crippen molar-refractivity contribution in [1.29, 1.82) is 0 Å². The summed E-state index contributed by atoms with van der Waals surface area (Å²) in [6, 6.07) is 14.4. The van der Waals surface area contributed by atoms with Gasteiger partial charge < -0.3 is 9.88 Å². The van der Waals surface area contributed by atoms with Crippen LogP contribution in [0.4, 0.5) is 10.1 Å². The third kappa shape index (κ3) is 1.84. The van der Waals surface area contributed by atoms with Crippen molar-refractivity contribution < 1.29 is 9.18 Å². The molecule has 1 unspecified atom stereocenters. The minimum atomic E-state index is -0.317. The number of aromatic amines is 1. The Morgan fingerprint density at radius 2 is 2.05 bits per heavy atom. The fourth-order valence-electron chi connectivity index (χ4n) is 3.24. The van der Waals surface area contributed by atoms with E-state index in [2.05, 4.69) is 4.98 Å². The van der Waals surface area contributed by atoms with E-state index < -0.39 is 0 Å². The van der Waals surface area contributed by atoms with Crippen LogP contribution in [0.25, 0.3) is 10.9 Å². The second-order valence-electron chi connectivity index (χ2n) is 5.74. The summed E-state index contributed by atoms with van der Waals surface area (Å²) < 4.78 is 13.8. The smallest absolute Gasteiger partial charge is 0.274 e. The fraction of sp³-hybridized carbons (Fsp3) is 0.167. The summed E-state index contributed by atoms with van der Waals surface area (Å²) in [6.45, 7) is 2.03. The predicted octanol–water partition coefficient (Wildman–Crippen LogP) is 3.90. The van der Waals surface area contributed by atoms with Crippen molar-refractivity contribution in [2.24, 2.45) is 0 Å². The first-order valence-electron chi connectivity index (χ1n) is 7.34. The van der Waals surface area contributed by atoms with Crippen LogP contribution in [0, 0.1) is 5.82 Å². The molecule has 1 aliphatic heterocycles. The van der Waals surface area contributed by atoms with E-state index in [9.17, 15) is 9.18 Å². The molecule has 4 heteroatoms. The van der Waals surface area contributed by atoms with Crippen molar-refractivity contribution in [2.45, 2.75) is 19.4 Å². The molecule has 1 aliphatic rings. The van der Waals surface area contributed by atoms with Crippen LogP contribution < -0.4 is 4.90 Å². The first kappa shape index (κ1) is 13.1. The summed E-state index contributed by atoms with van der Waals surface area (Å²) in [5, 5.41) is 0.450. The highest BCUT2D eigenvalue weighted by molar-refractivity contribution is 6.09. The summed E-state index contributed by atoms with van der Waals surface area (Å²) in [4.78, 5) is 17.7. The second kappa shape index (κ2) is 4.70. The Labute approximate surface area is 127 Å². The number of carbonyl (C=O) groups is 1. The Bertz CT molecular complexity index is 884. The molecule has 0 saturated carbocycles. The summed E-state index contributed by atoms with van der Waals surface area (Å²) >= 11 is 0. The van der Waals surface area contributed by atoms with Crippen molar-refractivity contribution in [3.8, 4) is 0 Å². The topological polar surface area (TPSA) is 36.1 Å². The molecule has 2 heterocycles. The van der Waals surface area contributed by atoms with E-state index in [1.165, 1.54) is 11.6 Å². The zero-order chi connectivity index (χ0) is 15.3. The van der Waals surface area contributed by atoms with E-state index in [4.69, 9.17) is 0 Å². The van der Waals surface area contributed by atoms with Gasteiger partial charge in [-0.05, 0) is 43.2 Å². The molecule has 110 valence electrons. The molecule has 0 fully saturated rings. The van der Waals surface area contributed by atoms with Crippen LogP contribution in [-0.2, 0) is 6.42 Å². The monoisotopic (exact) mass is 294 g/mol. The van der Waals surface area contributed by atoms with Gasteiger partial charge in [0.15, 0.2) is 0 Å². The summed E-state index contributed by atoms with van der Waals surface area (Å²) in [6.07, 6.45) is 0.844. The number of para-hydroxylation sites is 1. The Balaban J connectivity index is 1.79. The van der Waals surface area contributed by atoms with Gasteiger partial charge in [0.05, 0.1) is 0 Å². The highest BCUT2D eigenvalue weighted by Crippen LogP contribution is 2.33. The van der Waals surface area contributed by atoms with Crippen LogP contribution >= 0.6 is 0 Å². The number of benzene rings is 2. The van der Waals surface area contributed by atoms with Crippen LogP contribution in [-0.4, -0.2) is 16.9 Å². The van der Waals surface area contributed by atoms with Gasteiger partial charge in [-0.3, -0.25) is 4.79 Å². The minimum absolute atomic E-state index is 0.0983. The maximum Gasteiger partial charge on any atom is 0.274 e. The highest BCUT2D eigenvalue weighted by Gasteiger charge is 2.32. The predicted molar refractivity (Wildman–Crippen MR) is 84.7 cm³/mol. The lowest BCUT2D eigenvalue weighted by Gasteiger charge is -2.22. The van der Waals surface area contributed by atoms with Gasteiger partial charge >= 0.3 is 0 Å². The molecule has 4 rings (SSSR count). The molecule has 0 spiro atoms. The number of amides is 1. The number of H-pyrrole nitrogens is 1. The van der Waals surface area contributed by atoms with Crippen LogP contribution in [0.1, 0.15) is 23.0 Å². The van der Waals surface area contributed by atoms with Gasteiger partial charge in [0.1, 0.15) is 11.5 Å². The molecular weight excluding hydrogens is 279 g/mol. The number of halogens is 1. The van der Waals surface area contributed by atoms with Gasteiger partial charge in [0.25, 0.3) is 5.91 Å². The van der Waals surface area contributed by atoms with Gasteiger partial charge in [-0.25, -0.2) is 4.39 Å². The molecule has 22 heavy (non-hydrogen) atoms. The zero-order valence-corrected chi connectivity index (χ0v) is 12.1. The van der Waals surface area contributed by atoms with Crippen molar-refractivity contribution in [2.75, 3.05) is 4.90 Å². The average Bonchev–Trinajstić information content (AvgIpc) is 3.07. The quantitative estimate of drug-likeness (QED) is 0.726. The Morgan fingerprint density at radius 3 is 2.86 bits per heavy atom. The molecule has 1 amide bonds. The number of rotatable bonds is 1. The summed E-state index contributed by atoms with van der Waals surface area (Å²) in [5.74, 6) is -0.435. The molecule has 3 nitrogen and oxygen atoms in total. The van der Waals surface area contributed by atoms with Gasteiger partial charge in [0, 0.05) is 22.6 Å². The number of anilines is 1. The maximum atomic E-state index is 13.8. The van der Waals surface area contributed by atoms with E-state index in [0.29, 0.717) is 16.6 Å². The van der Waals surface area contributed by atoms with E-state index in [0.717, 1.165) is 12.1 Å². The minimum Gasteiger partial charge on any atom is -0.350 e. The lowest BCUT2D eigenvalue weighted by atomic mass is 10.1. The first-order chi connectivity index (χ1) is 10.6. The number of fused-ring (bicyclic) bond motifs is 2. The van der Waals surface area contributed by atoms with Crippen LogP contribution in [0.2, 0.25) is 0 Å². The number of hydrogen-bond donors (Lipinski definition) is 1. The van der Waals surface area contributed by atoms with E-state index in [1.807, 2.05) is 31.2 Å². The standard InChI is InChI=1S/C18H15FN2O/c1-11-9-12-5-2-3-8-17(12)21(11)18(22)16-10-13-14(19)6-4-7-15(13)20-16/h2-8,10-11,20H,9H2,1H3. The summed E-state index contributed by atoms with van der Waals surface area (Å²) in [5.41, 5.74) is 3.18. The largest absolute Gasteiger partial charge is 0.350 e. The van der Waals surface area contributed by atoms with Gasteiger partial charge in [-0.1, -0.05) is 24.3 Å². The molecule has 0 bridgehead atoms. The number of carbonyl (C=O) groups excluding carboxylic acids is 1. The SMILES string of the molecule is CC1Cc2ccccc2N1C(=O)c1cc2c(F)cccc2[nH]1. The fourth-order valence-corrected chi connectivity index (χ4v) is 3.24. The third-order valence-electron chi connectivity index (χ3n) is 4.27.